The third kappa shape index (κ3) is 3.75. The summed E-state index contributed by atoms with van der Waals surface area (Å²) in [5, 5.41) is 11.0. The number of likely N-dealkylation sites (tertiary alicyclic amines) is 2. The minimum absolute atomic E-state index is 0.00246. The SMILES string of the molecule is COCC(=O)N1CCC2(O)CCN(C(=O)c3ccccc3SC)CC2C1. The molecule has 2 amide bonds. The molecule has 0 aromatic heterocycles. The Hall–Kier alpha value is -1.57. The fourth-order valence-corrected chi connectivity index (χ4v) is 4.51. The minimum atomic E-state index is -0.792. The molecule has 142 valence electrons. The zero-order chi connectivity index (χ0) is 18.7. The van der Waals surface area contributed by atoms with Crippen molar-refractivity contribution >= 4 is 23.6 Å². The second-order valence-electron chi connectivity index (χ2n) is 7.02. The smallest absolute Gasteiger partial charge is 0.255 e. The molecule has 2 aliphatic rings. The van der Waals surface area contributed by atoms with E-state index in [1.54, 1.807) is 16.7 Å². The number of nitrogens with zero attached hydrogens (tertiary/aromatic N) is 2. The summed E-state index contributed by atoms with van der Waals surface area (Å²) in [6, 6.07) is 7.60. The van der Waals surface area contributed by atoms with Gasteiger partial charge in [0.25, 0.3) is 5.91 Å². The van der Waals surface area contributed by atoms with Gasteiger partial charge in [-0.25, -0.2) is 0 Å². The van der Waals surface area contributed by atoms with Crippen molar-refractivity contribution in [2.24, 2.45) is 5.92 Å². The molecule has 2 fully saturated rings. The van der Waals surface area contributed by atoms with Crippen LogP contribution in [0.15, 0.2) is 29.2 Å². The van der Waals surface area contributed by atoms with Crippen LogP contribution in [-0.2, 0) is 9.53 Å². The van der Waals surface area contributed by atoms with Crippen LogP contribution in [0.1, 0.15) is 23.2 Å². The van der Waals surface area contributed by atoms with Crippen molar-refractivity contribution in [1.82, 2.24) is 9.80 Å². The van der Waals surface area contributed by atoms with Crippen molar-refractivity contribution in [1.29, 1.82) is 0 Å². The first kappa shape index (κ1) is 19.2. The van der Waals surface area contributed by atoms with Crippen LogP contribution >= 0.6 is 11.8 Å². The standard InChI is InChI=1S/C19H26N2O4S/c1-25-13-17(22)20-9-7-19(24)8-10-21(12-14(19)11-20)18(23)15-5-3-4-6-16(15)26-2/h3-6,14,24H,7-13H2,1-2H3. The molecular formula is C19H26N2O4S. The Morgan fingerprint density at radius 1 is 1.23 bits per heavy atom. The maximum atomic E-state index is 13.0. The number of benzene rings is 1. The summed E-state index contributed by atoms with van der Waals surface area (Å²) in [6.45, 7) is 2.06. The highest BCUT2D eigenvalue weighted by molar-refractivity contribution is 7.98. The van der Waals surface area contributed by atoms with E-state index in [1.165, 1.54) is 7.11 Å². The lowest BCUT2D eigenvalue weighted by Crippen LogP contribution is -2.61. The molecule has 0 saturated carbocycles. The van der Waals surface area contributed by atoms with Gasteiger partial charge in [-0.05, 0) is 31.2 Å². The Morgan fingerprint density at radius 3 is 2.58 bits per heavy atom. The van der Waals surface area contributed by atoms with Crippen molar-refractivity contribution in [3.05, 3.63) is 29.8 Å². The molecule has 1 N–H and O–H groups in total. The fourth-order valence-electron chi connectivity index (χ4n) is 3.92. The van der Waals surface area contributed by atoms with Gasteiger partial charge in [-0.15, -0.1) is 11.8 Å². The van der Waals surface area contributed by atoms with Crippen LogP contribution in [0.2, 0.25) is 0 Å². The quantitative estimate of drug-likeness (QED) is 0.804. The number of amides is 2. The Morgan fingerprint density at radius 2 is 1.88 bits per heavy atom. The van der Waals surface area contributed by atoms with Gasteiger partial charge in [0, 0.05) is 44.1 Å². The van der Waals surface area contributed by atoms with Crippen molar-refractivity contribution < 1.29 is 19.4 Å². The molecule has 0 bridgehead atoms. The van der Waals surface area contributed by atoms with Crippen LogP contribution in [0.5, 0.6) is 0 Å². The summed E-state index contributed by atoms with van der Waals surface area (Å²) in [7, 11) is 1.50. The zero-order valence-electron chi connectivity index (χ0n) is 15.3. The molecule has 0 radical (unpaired) electrons. The van der Waals surface area contributed by atoms with Gasteiger partial charge in [-0.3, -0.25) is 9.59 Å². The monoisotopic (exact) mass is 378 g/mol. The molecule has 3 rings (SSSR count). The number of thioether (sulfide) groups is 1. The minimum Gasteiger partial charge on any atom is -0.389 e. The highest BCUT2D eigenvalue weighted by Gasteiger charge is 2.46. The molecular weight excluding hydrogens is 352 g/mol. The number of fused-ring (bicyclic) bond motifs is 1. The number of piperidine rings is 2. The van der Waals surface area contributed by atoms with E-state index >= 15 is 0 Å². The number of aliphatic hydroxyl groups is 1. The molecule has 2 heterocycles. The summed E-state index contributed by atoms with van der Waals surface area (Å²) >= 11 is 1.56. The van der Waals surface area contributed by atoms with E-state index in [0.717, 1.165) is 4.90 Å². The van der Waals surface area contributed by atoms with Crippen LogP contribution < -0.4 is 0 Å². The Kier molecular flexibility index (Phi) is 5.89. The van der Waals surface area contributed by atoms with E-state index in [0.29, 0.717) is 44.6 Å². The third-order valence-corrected chi connectivity index (χ3v) is 6.31. The van der Waals surface area contributed by atoms with E-state index in [4.69, 9.17) is 4.74 Å². The number of carbonyl (C=O) groups excluding carboxylic acids is 2. The molecule has 2 aliphatic heterocycles. The van der Waals surface area contributed by atoms with E-state index in [1.807, 2.05) is 35.4 Å². The summed E-state index contributed by atoms with van der Waals surface area (Å²) in [4.78, 5) is 29.7. The van der Waals surface area contributed by atoms with Crippen molar-refractivity contribution in [2.75, 3.05) is 46.2 Å². The number of ether oxygens (including phenoxy) is 1. The van der Waals surface area contributed by atoms with Crippen molar-refractivity contribution in [3.63, 3.8) is 0 Å². The normalized spacial score (nSPS) is 25.7. The molecule has 2 atom stereocenters. The molecule has 6 nitrogen and oxygen atoms in total. The lowest BCUT2D eigenvalue weighted by molar-refractivity contribution is -0.148. The molecule has 7 heteroatoms. The Labute approximate surface area is 158 Å². The number of rotatable bonds is 4. The summed E-state index contributed by atoms with van der Waals surface area (Å²) in [5.74, 6) is -0.195. The Bertz CT molecular complexity index is 683. The molecule has 0 aliphatic carbocycles. The predicted octanol–water partition coefficient (Wildman–Crippen LogP) is 1.48. The average Bonchev–Trinajstić information content (AvgIpc) is 2.66. The van der Waals surface area contributed by atoms with E-state index in [2.05, 4.69) is 0 Å². The number of hydrogen-bond acceptors (Lipinski definition) is 5. The highest BCUT2D eigenvalue weighted by atomic mass is 32.2. The topological polar surface area (TPSA) is 70.1 Å². The number of carbonyl (C=O) groups is 2. The second kappa shape index (κ2) is 7.98. The number of hydrogen-bond donors (Lipinski definition) is 1. The third-order valence-electron chi connectivity index (χ3n) is 5.52. The van der Waals surface area contributed by atoms with E-state index in [-0.39, 0.29) is 24.3 Å². The first-order chi connectivity index (χ1) is 12.5. The molecule has 2 unspecified atom stereocenters. The van der Waals surface area contributed by atoms with E-state index in [9.17, 15) is 14.7 Å². The van der Waals surface area contributed by atoms with Crippen LogP contribution in [0.3, 0.4) is 0 Å². The predicted molar refractivity (Wildman–Crippen MR) is 100 cm³/mol. The van der Waals surface area contributed by atoms with Crippen LogP contribution in [-0.4, -0.2) is 78.5 Å². The number of methoxy groups -OCH3 is 1. The Balaban J connectivity index is 1.73. The summed E-state index contributed by atoms with van der Waals surface area (Å²) < 4.78 is 4.94. The maximum Gasteiger partial charge on any atom is 0.255 e. The molecule has 2 saturated heterocycles. The molecule has 0 spiro atoms. The molecule has 1 aromatic carbocycles. The first-order valence-corrected chi connectivity index (χ1v) is 10.1. The van der Waals surface area contributed by atoms with Gasteiger partial charge in [0.15, 0.2) is 0 Å². The van der Waals surface area contributed by atoms with Gasteiger partial charge in [-0.2, -0.15) is 0 Å². The van der Waals surface area contributed by atoms with E-state index < -0.39 is 5.60 Å². The lowest BCUT2D eigenvalue weighted by atomic mass is 9.75. The van der Waals surface area contributed by atoms with Gasteiger partial charge in [0.1, 0.15) is 6.61 Å². The van der Waals surface area contributed by atoms with Crippen LogP contribution in [0.25, 0.3) is 0 Å². The van der Waals surface area contributed by atoms with Gasteiger partial charge in [0.2, 0.25) is 5.91 Å². The zero-order valence-corrected chi connectivity index (χ0v) is 16.1. The van der Waals surface area contributed by atoms with Gasteiger partial charge in [0.05, 0.1) is 11.2 Å². The van der Waals surface area contributed by atoms with Crippen LogP contribution in [0, 0.1) is 5.92 Å². The van der Waals surface area contributed by atoms with Gasteiger partial charge in [-0.1, -0.05) is 12.1 Å². The fraction of sp³-hybridized carbons (Fsp3) is 0.579. The lowest BCUT2D eigenvalue weighted by Gasteiger charge is -2.50. The van der Waals surface area contributed by atoms with Crippen molar-refractivity contribution in [3.8, 4) is 0 Å². The highest BCUT2D eigenvalue weighted by Crippen LogP contribution is 2.36. The summed E-state index contributed by atoms with van der Waals surface area (Å²) in [6.07, 6.45) is 3.06. The summed E-state index contributed by atoms with van der Waals surface area (Å²) in [5.41, 5.74) is -0.0896. The van der Waals surface area contributed by atoms with Gasteiger partial charge >= 0.3 is 0 Å². The second-order valence-corrected chi connectivity index (χ2v) is 7.87. The van der Waals surface area contributed by atoms with Crippen molar-refractivity contribution in [2.45, 2.75) is 23.3 Å². The maximum absolute atomic E-state index is 13.0. The van der Waals surface area contributed by atoms with Gasteiger partial charge < -0.3 is 19.6 Å². The largest absolute Gasteiger partial charge is 0.389 e. The first-order valence-electron chi connectivity index (χ1n) is 8.90. The van der Waals surface area contributed by atoms with Crippen LogP contribution in [0.4, 0.5) is 0 Å². The molecule has 26 heavy (non-hydrogen) atoms. The average molecular weight is 378 g/mol. The molecule has 1 aromatic rings.